The molecule has 0 aliphatic rings. The van der Waals surface area contributed by atoms with Crippen molar-refractivity contribution in [3.63, 3.8) is 0 Å². The van der Waals surface area contributed by atoms with E-state index in [4.69, 9.17) is 0 Å². The minimum Gasteiger partial charge on any atom is -0.325 e. The summed E-state index contributed by atoms with van der Waals surface area (Å²) < 4.78 is 25.3. The van der Waals surface area contributed by atoms with E-state index < -0.39 is 10.0 Å². The van der Waals surface area contributed by atoms with Gasteiger partial charge in [-0.3, -0.25) is 4.79 Å². The van der Waals surface area contributed by atoms with Crippen LogP contribution in [0.15, 0.2) is 48.5 Å². The molecule has 1 amide bonds. The molecule has 0 spiro atoms. The first-order valence-electron chi connectivity index (χ1n) is 7.62. The van der Waals surface area contributed by atoms with E-state index in [1.165, 1.54) is 4.31 Å². The number of nitrogens with zero attached hydrogens (tertiary/aromatic N) is 1. The first-order chi connectivity index (χ1) is 11.3. The summed E-state index contributed by atoms with van der Waals surface area (Å²) in [5, 5.41) is 2.74. The molecule has 0 heterocycles. The Morgan fingerprint density at radius 3 is 2.42 bits per heavy atom. The summed E-state index contributed by atoms with van der Waals surface area (Å²) in [5.74, 6) is -0.361. The molecule has 2 aromatic carbocycles. The van der Waals surface area contributed by atoms with Crippen LogP contribution in [-0.4, -0.2) is 31.4 Å². The lowest BCUT2D eigenvalue weighted by molar-refractivity contribution is -0.116. The van der Waals surface area contributed by atoms with E-state index >= 15 is 0 Å². The van der Waals surface area contributed by atoms with Crippen LogP contribution in [0.1, 0.15) is 16.7 Å². The molecule has 0 bridgehead atoms. The van der Waals surface area contributed by atoms with E-state index in [9.17, 15) is 13.2 Å². The lowest BCUT2D eigenvalue weighted by atomic mass is 10.1. The SMILES string of the molecule is Cc1cccc(NC(=O)CN(Cc2ccccc2C)S(C)(=O)=O)c1. The molecule has 0 unspecified atom stereocenters. The molecule has 2 aromatic rings. The molecule has 24 heavy (non-hydrogen) atoms. The fraction of sp³-hybridized carbons (Fsp3) is 0.278. The number of amides is 1. The molecule has 0 saturated carbocycles. The molecule has 0 fully saturated rings. The van der Waals surface area contributed by atoms with Crippen LogP contribution in [0.5, 0.6) is 0 Å². The fourth-order valence-electron chi connectivity index (χ4n) is 2.35. The highest BCUT2D eigenvalue weighted by molar-refractivity contribution is 7.88. The van der Waals surface area contributed by atoms with E-state index in [2.05, 4.69) is 5.32 Å². The first-order valence-corrected chi connectivity index (χ1v) is 9.46. The summed E-state index contributed by atoms with van der Waals surface area (Å²) in [6, 6.07) is 14.9. The third-order valence-corrected chi connectivity index (χ3v) is 4.89. The van der Waals surface area contributed by atoms with Crippen molar-refractivity contribution >= 4 is 21.6 Å². The Hall–Kier alpha value is -2.18. The molecule has 5 nitrogen and oxygen atoms in total. The monoisotopic (exact) mass is 346 g/mol. The van der Waals surface area contributed by atoms with Crippen molar-refractivity contribution in [2.75, 3.05) is 18.1 Å². The number of benzene rings is 2. The van der Waals surface area contributed by atoms with Gasteiger partial charge in [0.2, 0.25) is 15.9 Å². The van der Waals surface area contributed by atoms with Crippen molar-refractivity contribution in [1.29, 1.82) is 0 Å². The Labute approximate surface area is 143 Å². The molecular formula is C18H22N2O3S. The number of aryl methyl sites for hydroxylation is 2. The molecule has 0 radical (unpaired) electrons. The van der Waals surface area contributed by atoms with Gasteiger partial charge in [0.15, 0.2) is 0 Å². The predicted octanol–water partition coefficient (Wildman–Crippen LogP) is 2.70. The number of carbonyl (C=O) groups excluding carboxylic acids is 1. The number of nitrogens with one attached hydrogen (secondary N) is 1. The van der Waals surface area contributed by atoms with Crippen LogP contribution in [0.25, 0.3) is 0 Å². The largest absolute Gasteiger partial charge is 0.325 e. The molecule has 6 heteroatoms. The highest BCUT2D eigenvalue weighted by Gasteiger charge is 2.21. The van der Waals surface area contributed by atoms with Crippen LogP contribution in [0.4, 0.5) is 5.69 Å². The zero-order valence-electron chi connectivity index (χ0n) is 14.1. The highest BCUT2D eigenvalue weighted by Crippen LogP contribution is 2.14. The van der Waals surface area contributed by atoms with Crippen molar-refractivity contribution in [2.45, 2.75) is 20.4 Å². The van der Waals surface area contributed by atoms with Crippen LogP contribution >= 0.6 is 0 Å². The van der Waals surface area contributed by atoms with E-state index in [-0.39, 0.29) is 19.0 Å². The van der Waals surface area contributed by atoms with Gasteiger partial charge in [0.25, 0.3) is 0 Å². The average Bonchev–Trinajstić information content (AvgIpc) is 2.47. The summed E-state index contributed by atoms with van der Waals surface area (Å²) in [7, 11) is -3.50. The number of hydrogen-bond donors (Lipinski definition) is 1. The van der Waals surface area contributed by atoms with E-state index in [0.29, 0.717) is 5.69 Å². The maximum absolute atomic E-state index is 12.2. The maximum Gasteiger partial charge on any atom is 0.239 e. The van der Waals surface area contributed by atoms with E-state index in [0.717, 1.165) is 22.9 Å². The highest BCUT2D eigenvalue weighted by atomic mass is 32.2. The van der Waals surface area contributed by atoms with Crippen LogP contribution in [0.2, 0.25) is 0 Å². The van der Waals surface area contributed by atoms with E-state index in [1.54, 1.807) is 6.07 Å². The topological polar surface area (TPSA) is 66.5 Å². The van der Waals surface area contributed by atoms with Crippen LogP contribution in [0, 0.1) is 13.8 Å². The third-order valence-electron chi connectivity index (χ3n) is 3.70. The van der Waals surface area contributed by atoms with Crippen molar-refractivity contribution in [3.05, 3.63) is 65.2 Å². The van der Waals surface area contributed by atoms with Crippen molar-refractivity contribution in [1.82, 2.24) is 4.31 Å². The second-order valence-electron chi connectivity index (χ2n) is 5.88. The minimum absolute atomic E-state index is 0.173. The fourth-order valence-corrected chi connectivity index (χ4v) is 3.08. The van der Waals surface area contributed by atoms with Crippen molar-refractivity contribution in [3.8, 4) is 0 Å². The number of rotatable bonds is 6. The van der Waals surface area contributed by atoms with Gasteiger partial charge in [-0.1, -0.05) is 36.4 Å². The Kier molecular flexibility index (Phi) is 5.75. The van der Waals surface area contributed by atoms with Gasteiger partial charge in [-0.05, 0) is 42.7 Å². The third kappa shape index (κ3) is 5.18. The second kappa shape index (κ2) is 7.59. The molecule has 128 valence electrons. The Morgan fingerprint density at radius 2 is 1.79 bits per heavy atom. The molecule has 0 aromatic heterocycles. The lowest BCUT2D eigenvalue weighted by Gasteiger charge is -2.20. The molecule has 0 atom stereocenters. The minimum atomic E-state index is -3.50. The lowest BCUT2D eigenvalue weighted by Crippen LogP contribution is -2.37. The maximum atomic E-state index is 12.2. The van der Waals surface area contributed by atoms with Gasteiger partial charge in [-0.15, -0.1) is 0 Å². The number of carbonyl (C=O) groups is 1. The predicted molar refractivity (Wildman–Crippen MR) is 96.2 cm³/mol. The van der Waals surface area contributed by atoms with Gasteiger partial charge >= 0.3 is 0 Å². The molecule has 0 aliphatic heterocycles. The molecule has 2 rings (SSSR count). The van der Waals surface area contributed by atoms with Crippen molar-refractivity contribution in [2.24, 2.45) is 0 Å². The van der Waals surface area contributed by atoms with Crippen LogP contribution < -0.4 is 5.32 Å². The summed E-state index contributed by atoms with van der Waals surface area (Å²) in [5.41, 5.74) is 3.55. The summed E-state index contributed by atoms with van der Waals surface area (Å²) in [4.78, 5) is 12.2. The van der Waals surface area contributed by atoms with Crippen molar-refractivity contribution < 1.29 is 13.2 Å². The first kappa shape index (κ1) is 18.2. The number of hydrogen-bond acceptors (Lipinski definition) is 3. The summed E-state index contributed by atoms with van der Waals surface area (Å²) in [6.07, 6.45) is 1.12. The number of anilines is 1. The van der Waals surface area contributed by atoms with Gasteiger partial charge in [-0.25, -0.2) is 8.42 Å². The zero-order chi connectivity index (χ0) is 17.7. The molecule has 0 aliphatic carbocycles. The van der Waals surface area contributed by atoms with Crippen LogP contribution in [0.3, 0.4) is 0 Å². The zero-order valence-corrected chi connectivity index (χ0v) is 14.9. The molecule has 0 saturated heterocycles. The number of sulfonamides is 1. The Morgan fingerprint density at radius 1 is 1.08 bits per heavy atom. The quantitative estimate of drug-likeness (QED) is 0.874. The smallest absolute Gasteiger partial charge is 0.239 e. The van der Waals surface area contributed by atoms with Gasteiger partial charge in [0.1, 0.15) is 0 Å². The Balaban J connectivity index is 2.12. The summed E-state index contributed by atoms with van der Waals surface area (Å²) >= 11 is 0. The molecular weight excluding hydrogens is 324 g/mol. The van der Waals surface area contributed by atoms with E-state index in [1.807, 2.05) is 56.3 Å². The second-order valence-corrected chi connectivity index (χ2v) is 7.86. The van der Waals surface area contributed by atoms with Gasteiger partial charge in [-0.2, -0.15) is 4.31 Å². The van der Waals surface area contributed by atoms with Gasteiger partial charge in [0.05, 0.1) is 12.8 Å². The Bertz CT molecular complexity index is 832. The summed E-state index contributed by atoms with van der Waals surface area (Å²) in [6.45, 7) is 3.80. The average molecular weight is 346 g/mol. The van der Waals surface area contributed by atoms with Gasteiger partial charge < -0.3 is 5.32 Å². The standard InChI is InChI=1S/C18H22N2O3S/c1-14-7-6-10-17(11-14)19-18(21)13-20(24(3,22)23)12-16-9-5-4-8-15(16)2/h4-11H,12-13H2,1-3H3,(H,19,21). The normalized spacial score (nSPS) is 11.5. The van der Waals surface area contributed by atoms with Gasteiger partial charge in [0, 0.05) is 12.2 Å². The molecule has 1 N–H and O–H groups in total. The van der Waals surface area contributed by atoms with Crippen LogP contribution in [-0.2, 0) is 21.4 Å².